The van der Waals surface area contributed by atoms with Gasteiger partial charge in [-0.2, -0.15) is 4.31 Å². The topological polar surface area (TPSA) is 66.5 Å². The molecule has 5 nitrogen and oxygen atoms in total. The summed E-state index contributed by atoms with van der Waals surface area (Å²) in [6.07, 6.45) is 8.24. The SMILES string of the molecule is Cc1ccc(S(=O)(=O)N(C)Cc2ccc(C(=O)NC3CCCCCCC3)cc2)cc1. The van der Waals surface area contributed by atoms with Crippen molar-refractivity contribution in [2.24, 2.45) is 0 Å². The molecule has 0 aliphatic heterocycles. The van der Waals surface area contributed by atoms with Gasteiger partial charge in [-0.3, -0.25) is 4.79 Å². The minimum absolute atomic E-state index is 0.0484. The Morgan fingerprint density at radius 3 is 2.10 bits per heavy atom. The quantitative estimate of drug-likeness (QED) is 0.728. The number of hydrogen-bond acceptors (Lipinski definition) is 3. The Kier molecular flexibility index (Phi) is 7.67. The highest BCUT2D eigenvalue weighted by Crippen LogP contribution is 2.19. The molecule has 0 bridgehead atoms. The van der Waals surface area contributed by atoms with Gasteiger partial charge >= 0.3 is 0 Å². The Balaban J connectivity index is 1.60. The summed E-state index contributed by atoms with van der Waals surface area (Å²) < 4.78 is 26.9. The summed E-state index contributed by atoms with van der Waals surface area (Å²) in [7, 11) is -1.98. The molecule has 1 amide bonds. The second-order valence-corrected chi connectivity index (χ2v) is 10.3. The highest BCUT2D eigenvalue weighted by atomic mass is 32.2. The van der Waals surface area contributed by atoms with Crippen molar-refractivity contribution in [2.75, 3.05) is 7.05 Å². The van der Waals surface area contributed by atoms with Crippen LogP contribution in [0.2, 0.25) is 0 Å². The van der Waals surface area contributed by atoms with Gasteiger partial charge in [0.2, 0.25) is 10.0 Å². The number of nitrogens with zero attached hydrogens (tertiary/aromatic N) is 1. The molecular formula is C24H32N2O3S. The lowest BCUT2D eigenvalue weighted by atomic mass is 9.96. The Morgan fingerprint density at radius 2 is 1.50 bits per heavy atom. The fourth-order valence-electron chi connectivity index (χ4n) is 3.86. The zero-order valence-electron chi connectivity index (χ0n) is 17.9. The summed E-state index contributed by atoms with van der Waals surface area (Å²) >= 11 is 0. The van der Waals surface area contributed by atoms with Crippen LogP contribution in [0, 0.1) is 6.92 Å². The van der Waals surface area contributed by atoms with Gasteiger partial charge in [-0.1, -0.05) is 61.9 Å². The normalized spacial score (nSPS) is 16.1. The van der Waals surface area contributed by atoms with Crippen molar-refractivity contribution in [2.45, 2.75) is 69.4 Å². The molecule has 0 atom stereocenters. The van der Waals surface area contributed by atoms with Crippen LogP contribution in [0.25, 0.3) is 0 Å². The maximum absolute atomic E-state index is 12.8. The maximum atomic E-state index is 12.8. The van der Waals surface area contributed by atoms with Crippen LogP contribution in [0.1, 0.15) is 66.4 Å². The zero-order valence-corrected chi connectivity index (χ0v) is 18.7. The van der Waals surface area contributed by atoms with Crippen molar-refractivity contribution in [1.82, 2.24) is 9.62 Å². The van der Waals surface area contributed by atoms with Crippen molar-refractivity contribution in [1.29, 1.82) is 0 Å². The van der Waals surface area contributed by atoms with E-state index < -0.39 is 10.0 Å². The van der Waals surface area contributed by atoms with Gasteiger partial charge in [-0.25, -0.2) is 8.42 Å². The number of hydrogen-bond donors (Lipinski definition) is 1. The molecule has 1 fully saturated rings. The van der Waals surface area contributed by atoms with Crippen molar-refractivity contribution in [3.63, 3.8) is 0 Å². The van der Waals surface area contributed by atoms with Gasteiger partial charge in [0.05, 0.1) is 4.90 Å². The highest BCUT2D eigenvalue weighted by Gasteiger charge is 2.21. The summed E-state index contributed by atoms with van der Waals surface area (Å²) in [5, 5.41) is 3.17. The molecule has 1 aliphatic rings. The summed E-state index contributed by atoms with van der Waals surface area (Å²) in [6.45, 7) is 2.18. The molecule has 0 unspecified atom stereocenters. The van der Waals surface area contributed by atoms with E-state index in [0.717, 1.165) is 24.0 Å². The molecule has 0 heterocycles. The predicted molar refractivity (Wildman–Crippen MR) is 120 cm³/mol. The third-order valence-electron chi connectivity index (χ3n) is 5.79. The molecule has 1 saturated carbocycles. The van der Waals surface area contributed by atoms with Crippen LogP contribution >= 0.6 is 0 Å². The van der Waals surface area contributed by atoms with Gasteiger partial charge in [0.15, 0.2) is 0 Å². The summed E-state index contributed by atoms with van der Waals surface area (Å²) in [5.74, 6) is -0.0484. The second kappa shape index (κ2) is 10.2. The second-order valence-electron chi connectivity index (χ2n) is 8.29. The number of sulfonamides is 1. The summed E-state index contributed by atoms with van der Waals surface area (Å²) in [5.41, 5.74) is 2.48. The monoisotopic (exact) mass is 428 g/mol. The van der Waals surface area contributed by atoms with Crippen molar-refractivity contribution >= 4 is 15.9 Å². The Hall–Kier alpha value is -2.18. The van der Waals surface area contributed by atoms with Crippen molar-refractivity contribution < 1.29 is 13.2 Å². The number of rotatable bonds is 6. The van der Waals surface area contributed by atoms with Crippen LogP contribution < -0.4 is 5.32 Å². The molecule has 1 aliphatic carbocycles. The van der Waals surface area contributed by atoms with E-state index in [-0.39, 0.29) is 23.4 Å². The van der Waals surface area contributed by atoms with E-state index in [1.807, 2.05) is 19.1 Å². The first-order valence-corrected chi connectivity index (χ1v) is 12.2. The Morgan fingerprint density at radius 1 is 0.933 bits per heavy atom. The van der Waals surface area contributed by atoms with Crippen molar-refractivity contribution in [3.8, 4) is 0 Å². The number of aryl methyl sites for hydroxylation is 1. The van der Waals surface area contributed by atoms with Crippen LogP contribution in [-0.4, -0.2) is 31.7 Å². The molecule has 0 aromatic heterocycles. The largest absolute Gasteiger partial charge is 0.349 e. The molecular weight excluding hydrogens is 396 g/mol. The smallest absolute Gasteiger partial charge is 0.251 e. The van der Waals surface area contributed by atoms with Crippen LogP contribution in [0.3, 0.4) is 0 Å². The molecule has 2 aromatic rings. The van der Waals surface area contributed by atoms with E-state index in [1.165, 1.54) is 36.4 Å². The van der Waals surface area contributed by atoms with Gasteiger partial charge in [-0.05, 0) is 49.6 Å². The predicted octanol–water partition coefficient (Wildman–Crippen LogP) is 4.66. The summed E-state index contributed by atoms with van der Waals surface area (Å²) in [6, 6.07) is 14.3. The van der Waals surface area contributed by atoms with Gasteiger partial charge < -0.3 is 5.32 Å². The number of nitrogens with one attached hydrogen (secondary N) is 1. The molecule has 0 saturated heterocycles. The third kappa shape index (κ3) is 5.92. The van der Waals surface area contributed by atoms with E-state index in [2.05, 4.69) is 5.32 Å². The third-order valence-corrected chi connectivity index (χ3v) is 7.61. The Bertz CT molecular complexity index is 929. The number of amides is 1. The zero-order chi connectivity index (χ0) is 21.6. The van der Waals surface area contributed by atoms with Crippen LogP contribution in [0.5, 0.6) is 0 Å². The maximum Gasteiger partial charge on any atom is 0.251 e. The minimum Gasteiger partial charge on any atom is -0.349 e. The van der Waals surface area contributed by atoms with Crippen LogP contribution in [0.4, 0.5) is 0 Å². The van der Waals surface area contributed by atoms with E-state index in [0.29, 0.717) is 5.56 Å². The molecule has 6 heteroatoms. The van der Waals surface area contributed by atoms with E-state index >= 15 is 0 Å². The molecule has 2 aromatic carbocycles. The Labute approximate surface area is 180 Å². The molecule has 1 N–H and O–H groups in total. The van der Waals surface area contributed by atoms with E-state index in [4.69, 9.17) is 0 Å². The van der Waals surface area contributed by atoms with Gasteiger partial charge in [0, 0.05) is 25.2 Å². The van der Waals surface area contributed by atoms with Crippen LogP contribution in [0.15, 0.2) is 53.4 Å². The lowest BCUT2D eigenvalue weighted by Crippen LogP contribution is -2.35. The lowest BCUT2D eigenvalue weighted by Gasteiger charge is -2.21. The molecule has 0 spiro atoms. The molecule has 0 radical (unpaired) electrons. The highest BCUT2D eigenvalue weighted by molar-refractivity contribution is 7.89. The fourth-order valence-corrected chi connectivity index (χ4v) is 5.02. The first-order chi connectivity index (χ1) is 14.4. The van der Waals surface area contributed by atoms with Gasteiger partial charge in [0.1, 0.15) is 0 Å². The first kappa shape index (κ1) is 22.5. The minimum atomic E-state index is -3.55. The standard InChI is InChI=1S/C24H32N2O3S/c1-19-10-16-23(17-11-19)30(28,29)26(2)18-20-12-14-21(15-13-20)24(27)25-22-8-6-4-3-5-7-9-22/h10-17,22H,3-9,18H2,1-2H3,(H,25,27). The lowest BCUT2D eigenvalue weighted by molar-refractivity contribution is 0.0930. The molecule has 162 valence electrons. The molecule has 30 heavy (non-hydrogen) atoms. The van der Waals surface area contributed by atoms with E-state index in [1.54, 1.807) is 43.4 Å². The first-order valence-electron chi connectivity index (χ1n) is 10.8. The summed E-state index contributed by atoms with van der Waals surface area (Å²) in [4.78, 5) is 12.9. The van der Waals surface area contributed by atoms with Crippen LogP contribution in [-0.2, 0) is 16.6 Å². The number of carbonyl (C=O) groups is 1. The van der Waals surface area contributed by atoms with Gasteiger partial charge in [-0.15, -0.1) is 0 Å². The van der Waals surface area contributed by atoms with Gasteiger partial charge in [0.25, 0.3) is 5.91 Å². The van der Waals surface area contributed by atoms with Crippen molar-refractivity contribution in [3.05, 3.63) is 65.2 Å². The van der Waals surface area contributed by atoms with E-state index in [9.17, 15) is 13.2 Å². The number of carbonyl (C=O) groups excluding carboxylic acids is 1. The molecule has 3 rings (SSSR count). The number of benzene rings is 2. The average Bonchev–Trinajstić information content (AvgIpc) is 2.70. The fraction of sp³-hybridized carbons (Fsp3) is 0.458. The average molecular weight is 429 g/mol.